The van der Waals surface area contributed by atoms with E-state index in [0.29, 0.717) is 0 Å². The van der Waals surface area contributed by atoms with Crippen molar-refractivity contribution in [2.45, 2.75) is 26.3 Å². The number of aromatic nitrogens is 1. The highest BCUT2D eigenvalue weighted by atomic mass is 16.2. The van der Waals surface area contributed by atoms with Crippen LogP contribution in [-0.2, 0) is 6.42 Å². The van der Waals surface area contributed by atoms with Crippen LogP contribution >= 0.6 is 0 Å². The van der Waals surface area contributed by atoms with Gasteiger partial charge in [-0.2, -0.15) is 0 Å². The van der Waals surface area contributed by atoms with Gasteiger partial charge < -0.3 is 4.90 Å². The molecule has 0 aromatic carbocycles. The number of hydrogen-bond donors (Lipinski definition) is 0. The molecule has 14 heavy (non-hydrogen) atoms. The smallest absolute Gasteiger partial charge is 0.255 e. The molecule has 0 bridgehead atoms. The molecule has 2 rings (SSSR count). The summed E-state index contributed by atoms with van der Waals surface area (Å²) in [4.78, 5) is 18.0. The monoisotopic (exact) mass is 190 g/mol. The second kappa shape index (κ2) is 3.08. The normalized spacial score (nSPS) is 20.9. The van der Waals surface area contributed by atoms with Gasteiger partial charge in [0, 0.05) is 25.7 Å². The molecule has 1 amide bonds. The summed E-state index contributed by atoms with van der Waals surface area (Å²) < 4.78 is 0. The first-order chi connectivity index (χ1) is 6.59. The fourth-order valence-electron chi connectivity index (χ4n) is 1.75. The average Bonchev–Trinajstić information content (AvgIpc) is 2.16. The first kappa shape index (κ1) is 9.19. The summed E-state index contributed by atoms with van der Waals surface area (Å²) in [6, 6.07) is 2.18. The van der Waals surface area contributed by atoms with Gasteiger partial charge >= 0.3 is 0 Å². The molecule has 1 atom stereocenters. The van der Waals surface area contributed by atoms with Crippen molar-refractivity contribution in [3.05, 3.63) is 29.1 Å². The third-order valence-corrected chi connectivity index (χ3v) is 2.81. The fourth-order valence-corrected chi connectivity index (χ4v) is 1.75. The maximum atomic E-state index is 11.9. The van der Waals surface area contributed by atoms with Gasteiger partial charge in [-0.25, -0.2) is 0 Å². The zero-order chi connectivity index (χ0) is 10.3. The SMILES string of the molecule is Cc1cnc2c(c1)C(=O)N(C)C(C)C2. The fraction of sp³-hybridized carbons (Fsp3) is 0.455. The number of nitrogens with zero attached hydrogens (tertiary/aromatic N) is 2. The van der Waals surface area contributed by atoms with E-state index in [0.717, 1.165) is 23.2 Å². The Bertz CT molecular complexity index is 387. The highest BCUT2D eigenvalue weighted by Gasteiger charge is 2.27. The largest absolute Gasteiger partial charge is 0.339 e. The van der Waals surface area contributed by atoms with E-state index in [1.54, 1.807) is 4.90 Å². The average molecular weight is 190 g/mol. The Morgan fingerprint density at radius 3 is 3.00 bits per heavy atom. The summed E-state index contributed by atoms with van der Waals surface area (Å²) in [5.74, 6) is 0.0925. The van der Waals surface area contributed by atoms with Gasteiger partial charge in [-0.1, -0.05) is 0 Å². The molecule has 3 nitrogen and oxygen atoms in total. The molecule has 0 fully saturated rings. The van der Waals surface area contributed by atoms with Crippen molar-refractivity contribution in [3.8, 4) is 0 Å². The van der Waals surface area contributed by atoms with Gasteiger partial charge in [0.1, 0.15) is 0 Å². The van der Waals surface area contributed by atoms with Gasteiger partial charge in [0.2, 0.25) is 0 Å². The van der Waals surface area contributed by atoms with Gasteiger partial charge in [-0.15, -0.1) is 0 Å². The van der Waals surface area contributed by atoms with Crippen LogP contribution in [0, 0.1) is 6.92 Å². The highest BCUT2D eigenvalue weighted by molar-refractivity contribution is 5.96. The molecule has 0 radical (unpaired) electrons. The number of likely N-dealkylation sites (N-methyl/N-ethyl adjacent to an activating group) is 1. The van der Waals surface area contributed by atoms with Crippen molar-refractivity contribution in [3.63, 3.8) is 0 Å². The van der Waals surface area contributed by atoms with Crippen molar-refractivity contribution >= 4 is 5.91 Å². The van der Waals surface area contributed by atoms with Crippen molar-refractivity contribution in [2.24, 2.45) is 0 Å². The molecule has 1 aliphatic heterocycles. The maximum Gasteiger partial charge on any atom is 0.255 e. The van der Waals surface area contributed by atoms with Crippen molar-refractivity contribution in [1.29, 1.82) is 0 Å². The van der Waals surface area contributed by atoms with Crippen LogP contribution in [0.1, 0.15) is 28.5 Å². The third kappa shape index (κ3) is 1.29. The number of hydrogen-bond acceptors (Lipinski definition) is 2. The second-order valence-corrected chi connectivity index (χ2v) is 3.98. The van der Waals surface area contributed by atoms with Gasteiger partial charge in [0.05, 0.1) is 11.3 Å². The van der Waals surface area contributed by atoms with Crippen LogP contribution in [0.25, 0.3) is 0 Å². The first-order valence-electron chi connectivity index (χ1n) is 4.82. The number of rotatable bonds is 0. The van der Waals surface area contributed by atoms with Gasteiger partial charge in [-0.05, 0) is 25.5 Å². The lowest BCUT2D eigenvalue weighted by Gasteiger charge is -2.30. The number of carbonyl (C=O) groups is 1. The van der Waals surface area contributed by atoms with Gasteiger partial charge in [0.25, 0.3) is 5.91 Å². The lowest BCUT2D eigenvalue weighted by Crippen LogP contribution is -2.41. The summed E-state index contributed by atoms with van der Waals surface area (Å²) in [6.45, 7) is 4.00. The minimum Gasteiger partial charge on any atom is -0.339 e. The zero-order valence-electron chi connectivity index (χ0n) is 8.74. The lowest BCUT2D eigenvalue weighted by molar-refractivity contribution is 0.0718. The molecule has 74 valence electrons. The van der Waals surface area contributed by atoms with Crippen LogP contribution in [-0.4, -0.2) is 28.9 Å². The van der Waals surface area contributed by atoms with E-state index in [9.17, 15) is 4.79 Å². The van der Waals surface area contributed by atoms with Gasteiger partial charge in [-0.3, -0.25) is 9.78 Å². The number of aryl methyl sites for hydroxylation is 1. The van der Waals surface area contributed by atoms with Crippen molar-refractivity contribution in [1.82, 2.24) is 9.88 Å². The first-order valence-corrected chi connectivity index (χ1v) is 4.82. The molecule has 1 aromatic heterocycles. The molecule has 0 spiro atoms. The van der Waals surface area contributed by atoms with E-state index in [1.807, 2.05) is 33.2 Å². The predicted octanol–water partition coefficient (Wildman–Crippen LogP) is 1.41. The van der Waals surface area contributed by atoms with Crippen LogP contribution in [0.4, 0.5) is 0 Å². The molecular formula is C11H14N2O. The summed E-state index contributed by atoms with van der Waals surface area (Å²) in [5, 5.41) is 0. The van der Waals surface area contributed by atoms with E-state index in [-0.39, 0.29) is 11.9 Å². The summed E-state index contributed by atoms with van der Waals surface area (Å²) >= 11 is 0. The summed E-state index contributed by atoms with van der Waals surface area (Å²) in [5.41, 5.74) is 2.75. The van der Waals surface area contributed by atoms with Crippen LogP contribution in [0.2, 0.25) is 0 Å². The topological polar surface area (TPSA) is 33.2 Å². The van der Waals surface area contributed by atoms with E-state index in [2.05, 4.69) is 4.98 Å². The molecule has 0 aliphatic carbocycles. The molecule has 1 aromatic rings. The Kier molecular flexibility index (Phi) is 2.02. The maximum absolute atomic E-state index is 11.9. The number of pyridine rings is 1. The zero-order valence-corrected chi connectivity index (χ0v) is 8.74. The number of carbonyl (C=O) groups excluding carboxylic acids is 1. The molecule has 0 N–H and O–H groups in total. The quantitative estimate of drug-likeness (QED) is 0.619. The van der Waals surface area contributed by atoms with Gasteiger partial charge in [0.15, 0.2) is 0 Å². The van der Waals surface area contributed by atoms with Crippen LogP contribution in [0.15, 0.2) is 12.3 Å². The molecule has 0 saturated heterocycles. The van der Waals surface area contributed by atoms with Crippen molar-refractivity contribution < 1.29 is 4.79 Å². The van der Waals surface area contributed by atoms with E-state index < -0.39 is 0 Å². The van der Waals surface area contributed by atoms with Crippen molar-refractivity contribution in [2.75, 3.05) is 7.05 Å². The Labute approximate surface area is 83.8 Å². The standard InChI is InChI=1S/C11H14N2O/c1-7-4-9-10(12-6-7)5-8(2)13(3)11(9)14/h4,6,8H,5H2,1-3H3. The minimum atomic E-state index is 0.0925. The number of fused-ring (bicyclic) bond motifs is 1. The third-order valence-electron chi connectivity index (χ3n) is 2.81. The lowest BCUT2D eigenvalue weighted by atomic mass is 9.99. The second-order valence-electron chi connectivity index (χ2n) is 3.98. The molecule has 1 unspecified atom stereocenters. The van der Waals surface area contributed by atoms with E-state index in [1.165, 1.54) is 0 Å². The van der Waals surface area contributed by atoms with E-state index >= 15 is 0 Å². The highest BCUT2D eigenvalue weighted by Crippen LogP contribution is 2.20. The number of amides is 1. The molecule has 3 heteroatoms. The van der Waals surface area contributed by atoms with E-state index in [4.69, 9.17) is 0 Å². The summed E-state index contributed by atoms with van der Waals surface area (Å²) in [6.07, 6.45) is 2.68. The predicted molar refractivity (Wildman–Crippen MR) is 54.2 cm³/mol. The molecule has 1 aliphatic rings. The Hall–Kier alpha value is -1.38. The molecule has 2 heterocycles. The van der Waals surface area contributed by atoms with Crippen LogP contribution < -0.4 is 0 Å². The Balaban J connectivity index is 2.51. The summed E-state index contributed by atoms with van der Waals surface area (Å²) in [7, 11) is 1.85. The van der Waals surface area contributed by atoms with Crippen LogP contribution in [0.5, 0.6) is 0 Å². The molecule has 0 saturated carbocycles. The Morgan fingerprint density at radius 2 is 2.29 bits per heavy atom. The minimum absolute atomic E-state index is 0.0925. The Morgan fingerprint density at radius 1 is 1.57 bits per heavy atom. The molecular weight excluding hydrogens is 176 g/mol. The van der Waals surface area contributed by atoms with Crippen LogP contribution in [0.3, 0.4) is 0 Å².